The van der Waals surface area contributed by atoms with Crippen molar-refractivity contribution in [3.8, 4) is 0 Å². The van der Waals surface area contributed by atoms with E-state index in [1.165, 1.54) is 10.4 Å². The van der Waals surface area contributed by atoms with E-state index in [-0.39, 0.29) is 24.4 Å². The molecule has 1 aliphatic rings. The third-order valence-corrected chi connectivity index (χ3v) is 3.95. The zero-order valence-corrected chi connectivity index (χ0v) is 12.3. The van der Waals surface area contributed by atoms with Crippen LogP contribution < -0.4 is 5.32 Å². The normalized spacial score (nSPS) is 19.1. The molecule has 102 valence electrons. The lowest BCUT2D eigenvalue weighted by Crippen LogP contribution is -2.51. The minimum Gasteiger partial charge on any atom is -0.378 e. The van der Waals surface area contributed by atoms with Crippen LogP contribution in [0.4, 0.5) is 0 Å². The number of nitrogens with zero attached hydrogens (tertiary/aromatic N) is 1. The van der Waals surface area contributed by atoms with E-state index in [0.717, 1.165) is 6.54 Å². The summed E-state index contributed by atoms with van der Waals surface area (Å²) in [5, 5.41) is 5.24. The van der Waals surface area contributed by atoms with Gasteiger partial charge in [0.25, 0.3) is 0 Å². The molecular weight excluding hydrogens is 272 g/mol. The Labute approximate surface area is 118 Å². The van der Waals surface area contributed by atoms with Gasteiger partial charge in [-0.2, -0.15) is 0 Å². The summed E-state index contributed by atoms with van der Waals surface area (Å²) in [6.07, 6.45) is 0. The van der Waals surface area contributed by atoms with Crippen molar-refractivity contribution in [1.29, 1.82) is 0 Å². The highest BCUT2D eigenvalue weighted by atomic mass is 35.5. The summed E-state index contributed by atoms with van der Waals surface area (Å²) in [5.74, 6) is 0.109. The van der Waals surface area contributed by atoms with Gasteiger partial charge < -0.3 is 15.0 Å². The van der Waals surface area contributed by atoms with Crippen molar-refractivity contribution in [2.45, 2.75) is 19.5 Å². The fourth-order valence-electron chi connectivity index (χ4n) is 1.85. The number of carbonyl (C=O) groups excluding carboxylic acids is 1. The Morgan fingerprint density at radius 3 is 3.00 bits per heavy atom. The number of ether oxygens (including phenoxy) is 1. The quantitative estimate of drug-likeness (QED) is 0.916. The van der Waals surface area contributed by atoms with Crippen LogP contribution in [-0.2, 0) is 16.1 Å². The van der Waals surface area contributed by atoms with Gasteiger partial charge in [0.05, 0.1) is 19.8 Å². The van der Waals surface area contributed by atoms with Crippen LogP contribution in [0.25, 0.3) is 0 Å². The van der Waals surface area contributed by atoms with Crippen LogP contribution in [0.3, 0.4) is 0 Å². The molecule has 0 saturated carbocycles. The number of hydrogen-bond acceptors (Lipinski definition) is 4. The van der Waals surface area contributed by atoms with Gasteiger partial charge in [-0.25, -0.2) is 0 Å². The number of aryl methyl sites for hydroxylation is 1. The molecule has 1 unspecified atom stereocenters. The molecule has 1 atom stereocenters. The lowest BCUT2D eigenvalue weighted by molar-refractivity contribution is -0.135. The molecule has 1 fully saturated rings. The Morgan fingerprint density at radius 2 is 2.44 bits per heavy atom. The smallest absolute Gasteiger partial charge is 0.242 e. The van der Waals surface area contributed by atoms with Crippen molar-refractivity contribution in [1.82, 2.24) is 10.2 Å². The molecule has 1 N–H and O–H groups in total. The zero-order chi connectivity index (χ0) is 12.3. The predicted molar refractivity (Wildman–Crippen MR) is 75.4 cm³/mol. The molecule has 1 aromatic rings. The number of carbonyl (C=O) groups is 1. The van der Waals surface area contributed by atoms with Crippen LogP contribution in [-0.4, -0.2) is 43.7 Å². The van der Waals surface area contributed by atoms with E-state index >= 15 is 0 Å². The van der Waals surface area contributed by atoms with E-state index in [0.29, 0.717) is 19.8 Å². The zero-order valence-electron chi connectivity index (χ0n) is 10.6. The second-order valence-corrected chi connectivity index (χ2v) is 5.30. The Balaban J connectivity index is 0.00000162. The molecule has 1 saturated heterocycles. The summed E-state index contributed by atoms with van der Waals surface area (Å²) in [7, 11) is 1.85. The summed E-state index contributed by atoms with van der Waals surface area (Å²) in [6.45, 7) is 4.68. The van der Waals surface area contributed by atoms with Crippen molar-refractivity contribution in [2.24, 2.45) is 0 Å². The largest absolute Gasteiger partial charge is 0.378 e. The number of likely N-dealkylation sites (N-methyl/N-ethyl adjacent to an activating group) is 1. The minimum absolute atomic E-state index is 0. The van der Waals surface area contributed by atoms with Crippen LogP contribution in [0.2, 0.25) is 0 Å². The molecule has 6 heteroatoms. The third-order valence-electron chi connectivity index (χ3n) is 2.94. The average molecular weight is 291 g/mol. The van der Waals surface area contributed by atoms with E-state index in [4.69, 9.17) is 4.74 Å². The molecule has 2 rings (SSSR count). The maximum atomic E-state index is 12.1. The van der Waals surface area contributed by atoms with E-state index in [1.807, 2.05) is 7.05 Å². The van der Waals surface area contributed by atoms with Gasteiger partial charge in [-0.15, -0.1) is 23.7 Å². The maximum Gasteiger partial charge on any atom is 0.242 e. The van der Waals surface area contributed by atoms with Crippen LogP contribution in [0.1, 0.15) is 10.4 Å². The van der Waals surface area contributed by atoms with Crippen molar-refractivity contribution >= 4 is 29.7 Å². The van der Waals surface area contributed by atoms with Gasteiger partial charge in [0, 0.05) is 18.5 Å². The Kier molecular flexibility index (Phi) is 6.08. The standard InChI is InChI=1S/C12H18N2O2S.ClH/c1-9-3-6-17-11(9)7-14(2)12(15)10-8-16-5-4-13-10;/h3,6,10,13H,4-5,7-8H2,1-2H3;1H. The minimum atomic E-state index is -0.186. The van der Waals surface area contributed by atoms with E-state index in [9.17, 15) is 4.79 Å². The van der Waals surface area contributed by atoms with Crippen LogP contribution in [0, 0.1) is 6.92 Å². The second kappa shape index (κ2) is 7.09. The second-order valence-electron chi connectivity index (χ2n) is 4.30. The predicted octanol–water partition coefficient (Wildman–Crippen LogP) is 1.43. The first-order chi connectivity index (χ1) is 8.18. The molecule has 1 amide bonds. The number of thiophene rings is 1. The monoisotopic (exact) mass is 290 g/mol. The lowest BCUT2D eigenvalue weighted by atomic mass is 10.2. The van der Waals surface area contributed by atoms with Gasteiger partial charge in [-0.05, 0) is 23.9 Å². The molecule has 1 aromatic heterocycles. The number of rotatable bonds is 3. The number of halogens is 1. The summed E-state index contributed by atoms with van der Waals surface area (Å²) in [4.78, 5) is 15.1. The topological polar surface area (TPSA) is 41.6 Å². The molecule has 0 aliphatic carbocycles. The van der Waals surface area contributed by atoms with Crippen molar-refractivity contribution in [3.63, 3.8) is 0 Å². The highest BCUT2D eigenvalue weighted by Crippen LogP contribution is 2.17. The molecule has 0 radical (unpaired) electrons. The number of nitrogens with one attached hydrogen (secondary N) is 1. The van der Waals surface area contributed by atoms with Crippen molar-refractivity contribution in [2.75, 3.05) is 26.8 Å². The van der Waals surface area contributed by atoms with E-state index in [1.54, 1.807) is 16.2 Å². The SMILES string of the molecule is Cc1ccsc1CN(C)C(=O)C1COCCN1.Cl. The van der Waals surface area contributed by atoms with Gasteiger partial charge in [0.1, 0.15) is 6.04 Å². The molecular formula is C12H19ClN2O2S. The summed E-state index contributed by atoms with van der Waals surface area (Å²) < 4.78 is 5.30. The number of morpholine rings is 1. The fraction of sp³-hybridized carbons (Fsp3) is 0.583. The molecule has 0 bridgehead atoms. The molecule has 1 aliphatic heterocycles. The summed E-state index contributed by atoms with van der Waals surface area (Å²) >= 11 is 1.70. The van der Waals surface area contributed by atoms with Gasteiger partial charge in [-0.1, -0.05) is 0 Å². The molecule has 2 heterocycles. The first-order valence-electron chi connectivity index (χ1n) is 5.77. The molecule has 0 spiro atoms. The van der Waals surface area contributed by atoms with Crippen LogP contribution in [0.5, 0.6) is 0 Å². The first-order valence-corrected chi connectivity index (χ1v) is 6.65. The number of amides is 1. The van der Waals surface area contributed by atoms with Crippen molar-refractivity contribution < 1.29 is 9.53 Å². The molecule has 18 heavy (non-hydrogen) atoms. The lowest BCUT2D eigenvalue weighted by Gasteiger charge is -2.27. The van der Waals surface area contributed by atoms with Gasteiger partial charge >= 0.3 is 0 Å². The highest BCUT2D eigenvalue weighted by molar-refractivity contribution is 7.10. The summed E-state index contributed by atoms with van der Waals surface area (Å²) in [5.41, 5.74) is 1.25. The van der Waals surface area contributed by atoms with Crippen molar-refractivity contribution in [3.05, 3.63) is 21.9 Å². The third kappa shape index (κ3) is 3.68. The average Bonchev–Trinajstić information content (AvgIpc) is 2.75. The Bertz CT molecular complexity index is 391. The van der Waals surface area contributed by atoms with Crippen LogP contribution >= 0.6 is 23.7 Å². The van der Waals surface area contributed by atoms with E-state index in [2.05, 4.69) is 23.7 Å². The Hall–Kier alpha value is -0.620. The van der Waals surface area contributed by atoms with Crippen LogP contribution in [0.15, 0.2) is 11.4 Å². The van der Waals surface area contributed by atoms with Gasteiger partial charge in [0.15, 0.2) is 0 Å². The van der Waals surface area contributed by atoms with Gasteiger partial charge in [0.2, 0.25) is 5.91 Å². The summed E-state index contributed by atoms with van der Waals surface area (Å²) in [6, 6.07) is 1.90. The van der Waals surface area contributed by atoms with E-state index < -0.39 is 0 Å². The fourth-order valence-corrected chi connectivity index (χ4v) is 2.81. The molecule has 0 aromatic carbocycles. The Morgan fingerprint density at radius 1 is 1.67 bits per heavy atom. The highest BCUT2D eigenvalue weighted by Gasteiger charge is 2.24. The first kappa shape index (κ1) is 15.4. The molecule has 4 nitrogen and oxygen atoms in total. The number of hydrogen-bond donors (Lipinski definition) is 1. The maximum absolute atomic E-state index is 12.1. The van der Waals surface area contributed by atoms with Gasteiger partial charge in [-0.3, -0.25) is 4.79 Å².